The van der Waals surface area contributed by atoms with Gasteiger partial charge in [-0.15, -0.1) is 23.1 Å². The number of carbonyl (C=O) groups is 2. The van der Waals surface area contributed by atoms with Gasteiger partial charge in [0.2, 0.25) is 0 Å². The summed E-state index contributed by atoms with van der Waals surface area (Å²) in [5.74, 6) is 1.35. The molecule has 3 aromatic rings. The maximum absolute atomic E-state index is 13.4. The van der Waals surface area contributed by atoms with E-state index in [0.717, 1.165) is 21.4 Å². The van der Waals surface area contributed by atoms with Crippen molar-refractivity contribution in [2.75, 3.05) is 18.2 Å². The molecule has 0 aliphatic carbocycles. The highest BCUT2D eigenvalue weighted by Gasteiger charge is 2.31. The van der Waals surface area contributed by atoms with E-state index in [4.69, 9.17) is 0 Å². The number of thiophene rings is 1. The van der Waals surface area contributed by atoms with E-state index in [2.05, 4.69) is 21.2 Å². The second-order valence-corrected chi connectivity index (χ2v) is 9.51. The zero-order valence-electron chi connectivity index (χ0n) is 15.5. The first-order chi connectivity index (χ1) is 14.1. The molecule has 2 amide bonds. The van der Waals surface area contributed by atoms with Crippen molar-refractivity contribution in [2.24, 2.45) is 0 Å². The summed E-state index contributed by atoms with van der Waals surface area (Å²) < 4.78 is 0.901. The van der Waals surface area contributed by atoms with Gasteiger partial charge in [-0.1, -0.05) is 48.5 Å². The Kier molecular flexibility index (Phi) is 6.37. The van der Waals surface area contributed by atoms with Gasteiger partial charge in [-0.25, -0.2) is 0 Å². The van der Waals surface area contributed by atoms with E-state index < -0.39 is 0 Å². The van der Waals surface area contributed by atoms with E-state index in [1.807, 2.05) is 70.9 Å². The number of amides is 2. The van der Waals surface area contributed by atoms with E-state index in [9.17, 15) is 9.59 Å². The van der Waals surface area contributed by atoms with Gasteiger partial charge in [-0.2, -0.15) is 0 Å². The smallest absolute Gasteiger partial charge is 0.261 e. The summed E-state index contributed by atoms with van der Waals surface area (Å²) in [7, 11) is 0. The Bertz CT molecular complexity index is 1020. The molecular weight excluding hydrogens is 468 g/mol. The van der Waals surface area contributed by atoms with E-state index in [1.54, 1.807) is 11.8 Å². The maximum Gasteiger partial charge on any atom is 0.261 e. The lowest BCUT2D eigenvalue weighted by Crippen LogP contribution is -2.44. The summed E-state index contributed by atoms with van der Waals surface area (Å²) in [5, 5.41) is 4.87. The van der Waals surface area contributed by atoms with Crippen molar-refractivity contribution in [3.8, 4) is 11.1 Å². The molecule has 1 atom stereocenters. The van der Waals surface area contributed by atoms with Gasteiger partial charge in [0.15, 0.2) is 0 Å². The Labute approximate surface area is 186 Å². The molecule has 148 valence electrons. The molecule has 0 saturated carbocycles. The number of benzene rings is 2. The highest BCUT2D eigenvalue weighted by molar-refractivity contribution is 9.10. The Morgan fingerprint density at radius 1 is 1.10 bits per heavy atom. The first kappa shape index (κ1) is 20.2. The quantitative estimate of drug-likeness (QED) is 0.544. The lowest BCUT2D eigenvalue weighted by molar-refractivity contribution is 0.0737. The molecule has 29 heavy (non-hydrogen) atoms. The molecule has 1 N–H and O–H groups in total. The second kappa shape index (κ2) is 9.15. The van der Waals surface area contributed by atoms with Crippen LogP contribution in [0.25, 0.3) is 11.1 Å². The Morgan fingerprint density at radius 3 is 2.62 bits per heavy atom. The molecule has 1 aromatic heterocycles. The van der Waals surface area contributed by atoms with Gasteiger partial charge in [0.25, 0.3) is 11.8 Å². The van der Waals surface area contributed by atoms with Gasteiger partial charge in [0, 0.05) is 27.7 Å². The summed E-state index contributed by atoms with van der Waals surface area (Å²) >= 11 is 6.49. The normalized spacial score (nSPS) is 16.0. The SMILES string of the molecule is O=C(NC[C@@H]1CSCN1C(=O)c1ccccc1-c1ccccc1)c1cc(Br)cs1. The van der Waals surface area contributed by atoms with Crippen LogP contribution in [0.15, 0.2) is 70.5 Å². The second-order valence-electron chi connectivity index (χ2n) is 6.68. The van der Waals surface area contributed by atoms with Crippen LogP contribution in [0, 0.1) is 0 Å². The molecule has 4 rings (SSSR count). The number of carbonyl (C=O) groups excluding carboxylic acids is 2. The summed E-state index contributed by atoms with van der Waals surface area (Å²) in [4.78, 5) is 28.3. The molecule has 0 unspecified atom stereocenters. The van der Waals surface area contributed by atoms with E-state index in [1.165, 1.54) is 11.3 Å². The average molecular weight is 487 g/mol. The minimum Gasteiger partial charge on any atom is -0.349 e. The molecule has 0 radical (unpaired) electrons. The average Bonchev–Trinajstić information content (AvgIpc) is 3.41. The zero-order chi connectivity index (χ0) is 20.2. The molecule has 1 aliphatic rings. The van der Waals surface area contributed by atoms with Crippen LogP contribution in [-0.4, -0.2) is 40.9 Å². The lowest BCUT2D eigenvalue weighted by atomic mass is 9.98. The monoisotopic (exact) mass is 486 g/mol. The molecule has 1 aliphatic heterocycles. The third kappa shape index (κ3) is 4.57. The van der Waals surface area contributed by atoms with E-state index in [0.29, 0.717) is 22.9 Å². The van der Waals surface area contributed by atoms with Crippen molar-refractivity contribution in [1.29, 1.82) is 0 Å². The van der Waals surface area contributed by atoms with Crippen molar-refractivity contribution in [3.05, 3.63) is 81.0 Å². The van der Waals surface area contributed by atoms with E-state index in [-0.39, 0.29) is 17.9 Å². The predicted molar refractivity (Wildman–Crippen MR) is 124 cm³/mol. The number of hydrogen-bond donors (Lipinski definition) is 1. The number of thioether (sulfide) groups is 1. The first-order valence-corrected chi connectivity index (χ1v) is 12.0. The Morgan fingerprint density at radius 2 is 1.86 bits per heavy atom. The van der Waals surface area contributed by atoms with Crippen LogP contribution in [0.2, 0.25) is 0 Å². The highest BCUT2D eigenvalue weighted by Crippen LogP contribution is 2.28. The van der Waals surface area contributed by atoms with Crippen molar-refractivity contribution < 1.29 is 9.59 Å². The van der Waals surface area contributed by atoms with Crippen LogP contribution in [0.5, 0.6) is 0 Å². The third-order valence-electron chi connectivity index (χ3n) is 4.77. The Balaban J connectivity index is 1.49. The third-order valence-corrected chi connectivity index (χ3v) is 7.55. The molecule has 4 nitrogen and oxygen atoms in total. The van der Waals surface area contributed by atoms with E-state index >= 15 is 0 Å². The number of nitrogens with one attached hydrogen (secondary N) is 1. The van der Waals surface area contributed by atoms with Crippen LogP contribution >= 0.6 is 39.0 Å². The number of halogens is 1. The molecule has 2 aromatic carbocycles. The van der Waals surface area contributed by atoms with Gasteiger partial charge >= 0.3 is 0 Å². The van der Waals surface area contributed by atoms with Gasteiger partial charge in [-0.05, 0) is 39.2 Å². The van der Waals surface area contributed by atoms with Crippen molar-refractivity contribution >= 4 is 50.8 Å². The van der Waals surface area contributed by atoms with Crippen LogP contribution in [0.1, 0.15) is 20.0 Å². The van der Waals surface area contributed by atoms with Crippen LogP contribution in [0.3, 0.4) is 0 Å². The fourth-order valence-corrected chi connectivity index (χ4v) is 5.84. The largest absolute Gasteiger partial charge is 0.349 e. The minimum absolute atomic E-state index is 0.00701. The molecule has 0 bridgehead atoms. The Hall–Kier alpha value is -2.09. The fourth-order valence-electron chi connectivity index (χ4n) is 3.30. The predicted octanol–water partition coefficient (Wildman–Crippen LogP) is 5.12. The van der Waals surface area contributed by atoms with Gasteiger partial charge in [0.1, 0.15) is 0 Å². The molecular formula is C22H19BrN2O2S2. The molecule has 0 spiro atoms. The van der Waals surface area contributed by atoms with Crippen LogP contribution in [-0.2, 0) is 0 Å². The standard InChI is InChI=1S/C22H19BrN2O2S2/c23-16-10-20(29-12-16)21(26)24-11-17-13-28-14-25(17)22(27)19-9-5-4-8-18(19)15-6-2-1-3-7-15/h1-10,12,17H,11,13-14H2,(H,24,26)/t17-/m1/s1. The van der Waals surface area contributed by atoms with Crippen molar-refractivity contribution in [3.63, 3.8) is 0 Å². The van der Waals surface area contributed by atoms with Gasteiger partial charge < -0.3 is 10.2 Å². The summed E-state index contributed by atoms with van der Waals surface area (Å²) in [6.45, 7) is 0.445. The van der Waals surface area contributed by atoms with Crippen molar-refractivity contribution in [2.45, 2.75) is 6.04 Å². The lowest BCUT2D eigenvalue weighted by Gasteiger charge is -2.25. The number of hydrogen-bond acceptors (Lipinski definition) is 4. The molecule has 1 saturated heterocycles. The van der Waals surface area contributed by atoms with Gasteiger partial charge in [-0.3, -0.25) is 9.59 Å². The molecule has 1 fully saturated rings. The van der Waals surface area contributed by atoms with Gasteiger partial charge in [0.05, 0.1) is 16.8 Å². The topological polar surface area (TPSA) is 49.4 Å². The number of rotatable bonds is 5. The fraction of sp³-hybridized carbons (Fsp3) is 0.182. The summed E-state index contributed by atoms with van der Waals surface area (Å²) in [5.41, 5.74) is 2.65. The first-order valence-electron chi connectivity index (χ1n) is 9.19. The zero-order valence-corrected chi connectivity index (χ0v) is 18.7. The van der Waals surface area contributed by atoms with Crippen LogP contribution in [0.4, 0.5) is 0 Å². The maximum atomic E-state index is 13.4. The van der Waals surface area contributed by atoms with Crippen LogP contribution < -0.4 is 5.32 Å². The molecule has 7 heteroatoms. The summed E-state index contributed by atoms with van der Waals surface area (Å²) in [6, 6.07) is 19.4. The van der Waals surface area contributed by atoms with Crippen molar-refractivity contribution in [1.82, 2.24) is 10.2 Å². The minimum atomic E-state index is -0.102. The summed E-state index contributed by atoms with van der Waals surface area (Å²) in [6.07, 6.45) is 0. The molecule has 2 heterocycles. The number of nitrogens with zero attached hydrogens (tertiary/aromatic N) is 1. The highest BCUT2D eigenvalue weighted by atomic mass is 79.9.